The zero-order chi connectivity index (χ0) is 19.6. The number of hydrogen-bond acceptors (Lipinski definition) is 7. The SMILES string of the molecule is CCOC(=O)c1noc2ncn(CC(=O)N(C)c3ccc(F)cc3)c(=O)c12. The molecule has 1 aromatic carbocycles. The first-order valence-corrected chi connectivity index (χ1v) is 7.96. The number of amides is 1. The Kier molecular flexibility index (Phi) is 4.97. The number of esters is 1. The number of anilines is 1. The van der Waals surface area contributed by atoms with Crippen molar-refractivity contribution < 1.29 is 23.2 Å². The average molecular weight is 374 g/mol. The van der Waals surface area contributed by atoms with E-state index in [0.717, 1.165) is 10.9 Å². The molecule has 0 saturated heterocycles. The number of rotatable bonds is 5. The lowest BCUT2D eigenvalue weighted by molar-refractivity contribution is -0.118. The van der Waals surface area contributed by atoms with Gasteiger partial charge in [-0.1, -0.05) is 5.16 Å². The summed E-state index contributed by atoms with van der Waals surface area (Å²) in [4.78, 5) is 42.2. The van der Waals surface area contributed by atoms with Crippen molar-refractivity contribution in [1.82, 2.24) is 14.7 Å². The summed E-state index contributed by atoms with van der Waals surface area (Å²) in [7, 11) is 1.50. The molecule has 2 heterocycles. The van der Waals surface area contributed by atoms with E-state index in [2.05, 4.69) is 10.1 Å². The van der Waals surface area contributed by atoms with Crippen molar-refractivity contribution in [3.63, 3.8) is 0 Å². The van der Waals surface area contributed by atoms with Gasteiger partial charge in [0.15, 0.2) is 0 Å². The summed E-state index contributed by atoms with van der Waals surface area (Å²) in [5.41, 5.74) is -0.623. The number of likely N-dealkylation sites (N-methyl/N-ethyl adjacent to an activating group) is 1. The van der Waals surface area contributed by atoms with E-state index >= 15 is 0 Å². The number of carbonyl (C=O) groups is 2. The zero-order valence-corrected chi connectivity index (χ0v) is 14.5. The van der Waals surface area contributed by atoms with Crippen LogP contribution in [0.15, 0.2) is 39.9 Å². The van der Waals surface area contributed by atoms with Gasteiger partial charge in [0.25, 0.3) is 11.3 Å². The van der Waals surface area contributed by atoms with E-state index in [1.54, 1.807) is 6.92 Å². The van der Waals surface area contributed by atoms with E-state index in [1.807, 2.05) is 0 Å². The van der Waals surface area contributed by atoms with Crippen molar-refractivity contribution in [2.75, 3.05) is 18.6 Å². The molecule has 0 N–H and O–H groups in total. The number of fused-ring (bicyclic) bond motifs is 1. The van der Waals surface area contributed by atoms with Gasteiger partial charge in [-0.25, -0.2) is 14.2 Å². The fraction of sp³-hybridized carbons (Fsp3) is 0.235. The molecule has 3 aromatic rings. The van der Waals surface area contributed by atoms with Crippen LogP contribution in [-0.2, 0) is 16.1 Å². The van der Waals surface area contributed by atoms with E-state index in [-0.39, 0.29) is 29.9 Å². The van der Waals surface area contributed by atoms with Crippen LogP contribution in [0.4, 0.5) is 10.1 Å². The third-order valence-electron chi connectivity index (χ3n) is 3.83. The minimum Gasteiger partial charge on any atom is -0.461 e. The van der Waals surface area contributed by atoms with Crippen LogP contribution in [0.5, 0.6) is 0 Å². The summed E-state index contributed by atoms with van der Waals surface area (Å²) in [6.45, 7) is 1.37. The van der Waals surface area contributed by atoms with Gasteiger partial charge < -0.3 is 14.2 Å². The van der Waals surface area contributed by atoms with Crippen LogP contribution < -0.4 is 10.5 Å². The lowest BCUT2D eigenvalue weighted by atomic mass is 10.3. The maximum absolute atomic E-state index is 13.0. The summed E-state index contributed by atoms with van der Waals surface area (Å²) in [5, 5.41) is 3.37. The minimum atomic E-state index is -0.817. The van der Waals surface area contributed by atoms with Crippen LogP contribution in [0.1, 0.15) is 17.4 Å². The number of ether oxygens (including phenoxy) is 1. The van der Waals surface area contributed by atoms with Crippen molar-refractivity contribution in [1.29, 1.82) is 0 Å². The molecule has 0 bridgehead atoms. The van der Waals surface area contributed by atoms with Crippen molar-refractivity contribution in [3.8, 4) is 0 Å². The van der Waals surface area contributed by atoms with Crippen LogP contribution >= 0.6 is 0 Å². The van der Waals surface area contributed by atoms with Crippen LogP contribution in [0.3, 0.4) is 0 Å². The highest BCUT2D eigenvalue weighted by Crippen LogP contribution is 2.15. The van der Waals surface area contributed by atoms with E-state index in [9.17, 15) is 18.8 Å². The summed E-state index contributed by atoms with van der Waals surface area (Å²) in [6, 6.07) is 5.33. The number of aromatic nitrogens is 3. The molecule has 0 fully saturated rings. The molecule has 0 aliphatic heterocycles. The lowest BCUT2D eigenvalue weighted by Crippen LogP contribution is -2.34. The smallest absolute Gasteiger partial charge is 0.361 e. The van der Waals surface area contributed by atoms with E-state index in [4.69, 9.17) is 9.26 Å². The van der Waals surface area contributed by atoms with Crippen molar-refractivity contribution in [2.45, 2.75) is 13.5 Å². The van der Waals surface area contributed by atoms with Crippen LogP contribution in [0.25, 0.3) is 11.1 Å². The lowest BCUT2D eigenvalue weighted by Gasteiger charge is -2.17. The largest absolute Gasteiger partial charge is 0.461 e. The molecule has 27 heavy (non-hydrogen) atoms. The molecular weight excluding hydrogens is 359 g/mol. The van der Waals surface area contributed by atoms with Crippen LogP contribution in [0.2, 0.25) is 0 Å². The van der Waals surface area contributed by atoms with Gasteiger partial charge in [0.2, 0.25) is 11.6 Å². The number of hydrogen-bond donors (Lipinski definition) is 0. The van der Waals surface area contributed by atoms with Crippen molar-refractivity contribution >= 4 is 28.7 Å². The Hall–Kier alpha value is -3.56. The Bertz CT molecular complexity index is 1060. The normalized spacial score (nSPS) is 10.8. The molecule has 10 heteroatoms. The topological polar surface area (TPSA) is 108 Å². The Morgan fingerprint density at radius 2 is 2.00 bits per heavy atom. The van der Waals surface area contributed by atoms with Crippen molar-refractivity contribution in [2.24, 2.45) is 0 Å². The quantitative estimate of drug-likeness (QED) is 0.621. The Morgan fingerprint density at radius 1 is 1.30 bits per heavy atom. The van der Waals surface area contributed by atoms with E-state index < -0.39 is 23.3 Å². The zero-order valence-electron chi connectivity index (χ0n) is 14.5. The first kappa shape index (κ1) is 18.2. The van der Waals surface area contributed by atoms with Crippen LogP contribution in [0, 0.1) is 5.82 Å². The molecular formula is C17H15FN4O5. The second-order valence-corrected chi connectivity index (χ2v) is 5.54. The second kappa shape index (κ2) is 7.36. The highest BCUT2D eigenvalue weighted by Gasteiger charge is 2.23. The Labute approximate surface area is 151 Å². The van der Waals surface area contributed by atoms with Gasteiger partial charge in [-0.2, -0.15) is 0 Å². The standard InChI is InChI=1S/C17H15FN4O5/c1-3-26-17(25)14-13-15(27-20-14)19-9-22(16(13)24)8-12(23)21(2)11-6-4-10(18)5-7-11/h4-7,9H,3,8H2,1-2H3. The summed E-state index contributed by atoms with van der Waals surface area (Å²) in [6.07, 6.45) is 1.13. The maximum Gasteiger partial charge on any atom is 0.361 e. The van der Waals surface area contributed by atoms with Gasteiger partial charge >= 0.3 is 5.97 Å². The molecule has 0 aliphatic carbocycles. The number of benzene rings is 1. The fourth-order valence-electron chi connectivity index (χ4n) is 2.39. The number of carbonyl (C=O) groups excluding carboxylic acids is 2. The van der Waals surface area contributed by atoms with Gasteiger partial charge in [0.05, 0.1) is 6.61 Å². The fourth-order valence-corrected chi connectivity index (χ4v) is 2.39. The second-order valence-electron chi connectivity index (χ2n) is 5.54. The first-order chi connectivity index (χ1) is 12.9. The minimum absolute atomic E-state index is 0.0998. The van der Waals surface area contributed by atoms with Gasteiger partial charge in [-0.3, -0.25) is 14.2 Å². The van der Waals surface area contributed by atoms with Gasteiger partial charge in [-0.15, -0.1) is 0 Å². The maximum atomic E-state index is 13.0. The highest BCUT2D eigenvalue weighted by molar-refractivity contribution is 6.00. The molecule has 0 atom stereocenters. The predicted octanol–water partition coefficient (Wildman–Crippen LogP) is 1.36. The highest BCUT2D eigenvalue weighted by atomic mass is 19.1. The summed E-state index contributed by atoms with van der Waals surface area (Å²) < 4.78 is 23.8. The van der Waals surface area contributed by atoms with E-state index in [1.165, 1.54) is 36.2 Å². The predicted molar refractivity (Wildman–Crippen MR) is 91.8 cm³/mol. The van der Waals surface area contributed by atoms with Crippen LogP contribution in [-0.4, -0.2) is 40.2 Å². The van der Waals surface area contributed by atoms with Crippen molar-refractivity contribution in [3.05, 3.63) is 52.5 Å². The Morgan fingerprint density at radius 3 is 2.67 bits per heavy atom. The molecule has 9 nitrogen and oxygen atoms in total. The first-order valence-electron chi connectivity index (χ1n) is 7.96. The molecule has 0 unspecified atom stereocenters. The molecule has 2 aromatic heterocycles. The third kappa shape index (κ3) is 3.54. The molecule has 140 valence electrons. The van der Waals surface area contributed by atoms with E-state index in [0.29, 0.717) is 5.69 Å². The average Bonchev–Trinajstić information content (AvgIpc) is 3.09. The monoisotopic (exact) mass is 374 g/mol. The molecule has 0 radical (unpaired) electrons. The Balaban J connectivity index is 1.90. The van der Waals surface area contributed by atoms with Gasteiger partial charge in [-0.05, 0) is 31.2 Å². The summed E-state index contributed by atoms with van der Waals surface area (Å²) in [5.74, 6) is -1.69. The molecule has 0 aliphatic rings. The number of nitrogens with zero attached hydrogens (tertiary/aromatic N) is 4. The van der Waals surface area contributed by atoms with Gasteiger partial charge in [0, 0.05) is 12.7 Å². The molecule has 0 spiro atoms. The third-order valence-corrected chi connectivity index (χ3v) is 3.83. The number of halogens is 1. The van der Waals surface area contributed by atoms with Gasteiger partial charge in [0.1, 0.15) is 24.1 Å². The molecule has 0 saturated carbocycles. The molecule has 1 amide bonds. The molecule has 3 rings (SSSR count). The summed E-state index contributed by atoms with van der Waals surface area (Å²) >= 11 is 0.